The number of nitrogens with zero attached hydrogens (tertiary/aromatic N) is 1. The smallest absolute Gasteiger partial charge is 0.330 e. The summed E-state index contributed by atoms with van der Waals surface area (Å²) in [4.78, 5) is 16.0. The molecule has 1 aromatic heterocycles. The normalized spacial score (nSPS) is 11.2. The molecule has 0 aliphatic heterocycles. The zero-order valence-electron chi connectivity index (χ0n) is 18.6. The molecule has 164 valence electrons. The summed E-state index contributed by atoms with van der Waals surface area (Å²) in [7, 11) is 0. The first-order valence-corrected chi connectivity index (χ1v) is 10.8. The van der Waals surface area contributed by atoms with Crippen molar-refractivity contribution < 1.29 is 18.7 Å². The van der Waals surface area contributed by atoms with Crippen LogP contribution in [-0.2, 0) is 9.53 Å². The zero-order chi connectivity index (χ0) is 22.9. The van der Waals surface area contributed by atoms with Gasteiger partial charge < -0.3 is 13.9 Å². The number of aryl methyl sites for hydroxylation is 2. The fourth-order valence-corrected chi connectivity index (χ4v) is 4.03. The van der Waals surface area contributed by atoms with E-state index < -0.39 is 5.97 Å². The molecule has 33 heavy (non-hydrogen) atoms. The lowest BCUT2D eigenvalue weighted by Crippen LogP contribution is -2.10. The molecule has 0 atom stereocenters. The number of rotatable bonds is 6. The fraction of sp³-hybridized carbons (Fsp3) is 0.143. The Labute approximate surface area is 191 Å². The molecule has 0 amide bonds. The van der Waals surface area contributed by atoms with Crippen LogP contribution in [0.2, 0.25) is 0 Å². The third-order valence-electron chi connectivity index (χ3n) is 5.63. The van der Waals surface area contributed by atoms with Crippen LogP contribution in [0.5, 0.6) is 5.75 Å². The Kier molecular flexibility index (Phi) is 5.31. The monoisotopic (exact) mass is 437 g/mol. The number of esters is 1. The van der Waals surface area contributed by atoms with Crippen LogP contribution in [-0.4, -0.2) is 24.2 Å². The highest BCUT2D eigenvalue weighted by Crippen LogP contribution is 2.38. The standard InChI is InChI=1S/C28H23NO4/c1-4-25(30)32-14-13-31-20-9-7-19(8-10-20)28-29-26-21-11-5-17(2)15-23(21)24-16-18(3)6-12-22(24)27(26)33-28/h4-12,15-16H,1,13-14H2,2-3H3. The quantitative estimate of drug-likeness (QED) is 0.131. The van der Waals surface area contributed by atoms with Crippen molar-refractivity contribution in [2.24, 2.45) is 0 Å². The van der Waals surface area contributed by atoms with Gasteiger partial charge in [-0.25, -0.2) is 9.78 Å². The molecule has 5 heteroatoms. The Morgan fingerprint density at radius 1 is 0.909 bits per heavy atom. The summed E-state index contributed by atoms with van der Waals surface area (Å²) < 4.78 is 16.8. The molecule has 0 spiro atoms. The summed E-state index contributed by atoms with van der Waals surface area (Å²) in [6, 6.07) is 20.4. The maximum Gasteiger partial charge on any atom is 0.330 e. The summed E-state index contributed by atoms with van der Waals surface area (Å²) in [5, 5.41) is 4.49. The largest absolute Gasteiger partial charge is 0.490 e. The summed E-state index contributed by atoms with van der Waals surface area (Å²) in [5.41, 5.74) is 4.93. The molecule has 1 heterocycles. The van der Waals surface area contributed by atoms with Crippen LogP contribution in [0.25, 0.3) is 44.1 Å². The SMILES string of the molecule is C=CC(=O)OCCOc1ccc(-c2nc3c4ccc(C)cc4c4cc(C)ccc4c3o2)cc1. The average molecular weight is 437 g/mol. The number of carbonyl (C=O) groups is 1. The minimum Gasteiger partial charge on any atom is -0.490 e. The Morgan fingerprint density at radius 2 is 1.58 bits per heavy atom. The molecule has 5 rings (SSSR count). The van der Waals surface area contributed by atoms with Gasteiger partial charge in [0.1, 0.15) is 24.5 Å². The van der Waals surface area contributed by atoms with Gasteiger partial charge in [-0.1, -0.05) is 54.1 Å². The van der Waals surface area contributed by atoms with Crippen molar-refractivity contribution in [3.05, 3.63) is 84.4 Å². The van der Waals surface area contributed by atoms with E-state index in [9.17, 15) is 4.79 Å². The van der Waals surface area contributed by atoms with E-state index in [1.807, 2.05) is 24.3 Å². The first-order chi connectivity index (χ1) is 16.0. The van der Waals surface area contributed by atoms with Gasteiger partial charge in [-0.2, -0.15) is 0 Å². The van der Waals surface area contributed by atoms with Gasteiger partial charge in [-0.3, -0.25) is 0 Å². The van der Waals surface area contributed by atoms with Crippen LogP contribution in [0.1, 0.15) is 11.1 Å². The van der Waals surface area contributed by atoms with E-state index in [2.05, 4.69) is 56.8 Å². The Bertz CT molecular complexity index is 1430. The summed E-state index contributed by atoms with van der Waals surface area (Å²) in [5.74, 6) is 0.771. The van der Waals surface area contributed by atoms with Crippen molar-refractivity contribution in [2.75, 3.05) is 13.2 Å². The van der Waals surface area contributed by atoms with Crippen molar-refractivity contribution in [3.8, 4) is 17.2 Å². The van der Waals surface area contributed by atoms with Crippen LogP contribution in [0.15, 0.2) is 77.7 Å². The second kappa shape index (κ2) is 8.43. The molecular weight excluding hydrogens is 414 g/mol. The number of carbonyl (C=O) groups excluding carboxylic acids is 1. The molecule has 0 radical (unpaired) electrons. The molecule has 0 saturated heterocycles. The molecule has 0 saturated carbocycles. The number of ether oxygens (including phenoxy) is 2. The maximum absolute atomic E-state index is 11.1. The molecule has 0 aliphatic rings. The van der Waals surface area contributed by atoms with Gasteiger partial charge in [-0.05, 0) is 48.9 Å². The van der Waals surface area contributed by atoms with Gasteiger partial charge in [0.05, 0.1) is 0 Å². The van der Waals surface area contributed by atoms with E-state index in [0.29, 0.717) is 11.6 Å². The van der Waals surface area contributed by atoms with E-state index in [0.717, 1.165) is 33.5 Å². The zero-order valence-corrected chi connectivity index (χ0v) is 18.6. The van der Waals surface area contributed by atoms with Crippen LogP contribution in [0.3, 0.4) is 0 Å². The maximum atomic E-state index is 11.1. The minimum absolute atomic E-state index is 0.164. The van der Waals surface area contributed by atoms with E-state index in [-0.39, 0.29) is 13.2 Å². The van der Waals surface area contributed by atoms with E-state index >= 15 is 0 Å². The van der Waals surface area contributed by atoms with Crippen molar-refractivity contribution in [2.45, 2.75) is 13.8 Å². The predicted molar refractivity (Wildman–Crippen MR) is 131 cm³/mol. The van der Waals surface area contributed by atoms with Gasteiger partial charge in [0.2, 0.25) is 5.89 Å². The number of hydrogen-bond donors (Lipinski definition) is 0. The molecule has 0 unspecified atom stereocenters. The number of oxazole rings is 1. The third kappa shape index (κ3) is 3.94. The van der Waals surface area contributed by atoms with Crippen molar-refractivity contribution in [1.29, 1.82) is 0 Å². The van der Waals surface area contributed by atoms with Crippen LogP contribution < -0.4 is 4.74 Å². The number of fused-ring (bicyclic) bond motifs is 6. The topological polar surface area (TPSA) is 61.6 Å². The molecule has 0 aliphatic carbocycles. The van der Waals surface area contributed by atoms with Crippen LogP contribution >= 0.6 is 0 Å². The average Bonchev–Trinajstić information content (AvgIpc) is 3.27. The van der Waals surface area contributed by atoms with Gasteiger partial charge in [0.25, 0.3) is 0 Å². The Hall–Kier alpha value is -4.12. The molecule has 0 bridgehead atoms. The van der Waals surface area contributed by atoms with E-state index in [1.165, 1.54) is 21.9 Å². The summed E-state index contributed by atoms with van der Waals surface area (Å²) in [6.07, 6.45) is 1.13. The lowest BCUT2D eigenvalue weighted by molar-refractivity contribution is -0.138. The fourth-order valence-electron chi connectivity index (χ4n) is 4.03. The van der Waals surface area contributed by atoms with Crippen molar-refractivity contribution in [1.82, 2.24) is 4.98 Å². The molecule has 5 nitrogen and oxygen atoms in total. The first-order valence-electron chi connectivity index (χ1n) is 10.8. The van der Waals surface area contributed by atoms with Crippen molar-refractivity contribution in [3.63, 3.8) is 0 Å². The van der Waals surface area contributed by atoms with Crippen LogP contribution in [0.4, 0.5) is 0 Å². The van der Waals surface area contributed by atoms with Crippen molar-refractivity contribution >= 4 is 38.6 Å². The highest BCUT2D eigenvalue weighted by molar-refractivity contribution is 6.23. The summed E-state index contributed by atoms with van der Waals surface area (Å²) >= 11 is 0. The predicted octanol–water partition coefficient (Wildman–Crippen LogP) is 6.53. The van der Waals surface area contributed by atoms with Gasteiger partial charge in [0.15, 0.2) is 5.58 Å². The van der Waals surface area contributed by atoms with E-state index in [4.69, 9.17) is 18.9 Å². The van der Waals surface area contributed by atoms with Gasteiger partial charge >= 0.3 is 5.97 Å². The first kappa shape index (κ1) is 20.8. The molecule has 4 aromatic carbocycles. The number of hydrogen-bond acceptors (Lipinski definition) is 5. The third-order valence-corrected chi connectivity index (χ3v) is 5.63. The Balaban J connectivity index is 1.51. The lowest BCUT2D eigenvalue weighted by Gasteiger charge is -2.07. The lowest BCUT2D eigenvalue weighted by atomic mass is 9.97. The highest BCUT2D eigenvalue weighted by Gasteiger charge is 2.16. The van der Waals surface area contributed by atoms with Crippen LogP contribution in [0, 0.1) is 13.8 Å². The minimum atomic E-state index is -0.463. The number of benzene rings is 4. The molecular formula is C28H23NO4. The second-order valence-corrected chi connectivity index (χ2v) is 8.04. The molecule has 0 fully saturated rings. The summed E-state index contributed by atoms with van der Waals surface area (Å²) in [6.45, 7) is 7.99. The molecule has 0 N–H and O–H groups in total. The molecule has 5 aromatic rings. The van der Waals surface area contributed by atoms with Gasteiger partial charge in [-0.15, -0.1) is 0 Å². The highest BCUT2D eigenvalue weighted by atomic mass is 16.6. The van der Waals surface area contributed by atoms with Gasteiger partial charge in [0, 0.05) is 22.4 Å². The van der Waals surface area contributed by atoms with E-state index in [1.54, 1.807) is 0 Å². The Morgan fingerprint density at radius 3 is 2.27 bits per heavy atom. The second-order valence-electron chi connectivity index (χ2n) is 8.04. The number of aromatic nitrogens is 1.